The molecule has 112 valence electrons. The van der Waals surface area contributed by atoms with Crippen LogP contribution in [0.3, 0.4) is 0 Å². The predicted molar refractivity (Wildman–Crippen MR) is 79.9 cm³/mol. The Hall–Kier alpha value is -1.66. The number of amides is 1. The number of hydrogen-bond acceptors (Lipinski definition) is 5. The van der Waals surface area contributed by atoms with E-state index in [-0.39, 0.29) is 12.3 Å². The summed E-state index contributed by atoms with van der Waals surface area (Å²) in [6.07, 6.45) is 3.45. The van der Waals surface area contributed by atoms with Gasteiger partial charge in [-0.1, -0.05) is 6.07 Å². The molecule has 6 heteroatoms. The fraction of sp³-hybridized carbons (Fsp3) is 0.467. The molecule has 2 aromatic heterocycles. The largest absolute Gasteiger partial charge is 0.444 e. The Bertz CT molecular complexity index is 604. The van der Waals surface area contributed by atoms with Crippen LogP contribution in [0.1, 0.15) is 18.5 Å². The molecule has 0 spiro atoms. The average Bonchev–Trinajstić information content (AvgIpc) is 2.98. The molecular weight excluding hydrogens is 288 g/mol. The Balaban J connectivity index is 1.56. The molecule has 0 bridgehead atoms. The summed E-state index contributed by atoms with van der Waals surface area (Å²) in [5.74, 6) is 0.868. The van der Waals surface area contributed by atoms with Crippen LogP contribution >= 0.6 is 11.3 Å². The summed E-state index contributed by atoms with van der Waals surface area (Å²) in [6, 6.07) is 3.86. The lowest BCUT2D eigenvalue weighted by Crippen LogP contribution is -2.36. The van der Waals surface area contributed by atoms with Crippen LogP contribution < -0.4 is 0 Å². The van der Waals surface area contributed by atoms with E-state index in [1.807, 2.05) is 17.5 Å². The maximum Gasteiger partial charge on any atom is 0.236 e. The SMILES string of the molecule is CN(CC(O)C1CC1)C(=O)Cc1coc(-c2cccs2)n1. The number of thiophene rings is 1. The highest BCUT2D eigenvalue weighted by atomic mass is 32.1. The van der Waals surface area contributed by atoms with Gasteiger partial charge in [-0.3, -0.25) is 4.79 Å². The van der Waals surface area contributed by atoms with Gasteiger partial charge in [0.25, 0.3) is 0 Å². The van der Waals surface area contributed by atoms with E-state index in [4.69, 9.17) is 4.42 Å². The summed E-state index contributed by atoms with van der Waals surface area (Å²) in [6.45, 7) is 0.388. The normalized spacial score (nSPS) is 15.9. The monoisotopic (exact) mass is 306 g/mol. The molecule has 1 saturated carbocycles. The fourth-order valence-corrected chi connectivity index (χ4v) is 2.86. The quantitative estimate of drug-likeness (QED) is 0.888. The van der Waals surface area contributed by atoms with Gasteiger partial charge in [-0.15, -0.1) is 11.3 Å². The van der Waals surface area contributed by atoms with Gasteiger partial charge in [-0.2, -0.15) is 0 Å². The van der Waals surface area contributed by atoms with Crippen molar-refractivity contribution in [1.29, 1.82) is 0 Å². The third-order valence-corrected chi connectivity index (χ3v) is 4.53. The highest BCUT2D eigenvalue weighted by Crippen LogP contribution is 2.32. The number of aliphatic hydroxyl groups excluding tert-OH is 1. The molecule has 2 heterocycles. The second-order valence-electron chi connectivity index (χ2n) is 5.48. The topological polar surface area (TPSA) is 66.6 Å². The lowest BCUT2D eigenvalue weighted by Gasteiger charge is -2.20. The lowest BCUT2D eigenvalue weighted by molar-refractivity contribution is -0.130. The first kappa shape index (κ1) is 14.3. The minimum Gasteiger partial charge on any atom is -0.444 e. The number of aliphatic hydroxyl groups is 1. The van der Waals surface area contributed by atoms with E-state index in [1.54, 1.807) is 23.3 Å². The van der Waals surface area contributed by atoms with Crippen molar-refractivity contribution in [3.8, 4) is 10.8 Å². The van der Waals surface area contributed by atoms with Crippen LogP contribution in [0.5, 0.6) is 0 Å². The van der Waals surface area contributed by atoms with Gasteiger partial charge in [-0.25, -0.2) is 4.98 Å². The van der Waals surface area contributed by atoms with Gasteiger partial charge in [0.1, 0.15) is 6.26 Å². The zero-order valence-corrected chi connectivity index (χ0v) is 12.7. The zero-order valence-electron chi connectivity index (χ0n) is 11.9. The first-order valence-corrected chi connectivity index (χ1v) is 7.92. The number of nitrogens with zero attached hydrogens (tertiary/aromatic N) is 2. The molecule has 21 heavy (non-hydrogen) atoms. The van der Waals surface area contributed by atoms with E-state index >= 15 is 0 Å². The van der Waals surface area contributed by atoms with Crippen molar-refractivity contribution in [3.05, 3.63) is 29.5 Å². The Morgan fingerprint density at radius 3 is 3.10 bits per heavy atom. The van der Waals surface area contributed by atoms with E-state index in [0.717, 1.165) is 17.7 Å². The Labute approximate surface area is 127 Å². The Morgan fingerprint density at radius 1 is 1.62 bits per heavy atom. The third-order valence-electron chi connectivity index (χ3n) is 3.67. The van der Waals surface area contributed by atoms with E-state index in [1.165, 1.54) is 6.26 Å². The van der Waals surface area contributed by atoms with Crippen LogP contribution in [0.2, 0.25) is 0 Å². The van der Waals surface area contributed by atoms with E-state index in [2.05, 4.69) is 4.98 Å². The Morgan fingerprint density at radius 2 is 2.43 bits per heavy atom. The van der Waals surface area contributed by atoms with Crippen LogP contribution in [0.25, 0.3) is 10.8 Å². The van der Waals surface area contributed by atoms with Gasteiger partial charge in [-0.05, 0) is 30.2 Å². The van der Waals surface area contributed by atoms with Crippen LogP contribution in [0, 0.1) is 5.92 Å². The predicted octanol–water partition coefficient (Wildman–Crippen LogP) is 2.17. The van der Waals surface area contributed by atoms with Crippen molar-refractivity contribution in [1.82, 2.24) is 9.88 Å². The van der Waals surface area contributed by atoms with Crippen LogP contribution in [0.4, 0.5) is 0 Å². The summed E-state index contributed by atoms with van der Waals surface area (Å²) in [5, 5.41) is 11.8. The molecule has 0 aliphatic heterocycles. The van der Waals surface area contributed by atoms with E-state index in [0.29, 0.717) is 24.0 Å². The van der Waals surface area contributed by atoms with Gasteiger partial charge >= 0.3 is 0 Å². The molecule has 0 saturated heterocycles. The van der Waals surface area contributed by atoms with Crippen molar-refractivity contribution in [2.75, 3.05) is 13.6 Å². The minimum atomic E-state index is -0.405. The van der Waals surface area contributed by atoms with Gasteiger partial charge < -0.3 is 14.4 Å². The second kappa shape index (κ2) is 5.99. The van der Waals surface area contributed by atoms with Gasteiger partial charge in [0, 0.05) is 13.6 Å². The molecule has 1 N–H and O–H groups in total. The smallest absolute Gasteiger partial charge is 0.236 e. The van der Waals surface area contributed by atoms with Crippen molar-refractivity contribution in [3.63, 3.8) is 0 Å². The molecule has 1 aliphatic carbocycles. The average molecular weight is 306 g/mol. The summed E-state index contributed by atoms with van der Waals surface area (Å²) in [7, 11) is 1.72. The van der Waals surface area contributed by atoms with Gasteiger partial charge in [0.2, 0.25) is 11.8 Å². The first-order chi connectivity index (χ1) is 10.1. The number of oxazole rings is 1. The Kier molecular flexibility index (Phi) is 4.07. The molecule has 1 fully saturated rings. The summed E-state index contributed by atoms with van der Waals surface area (Å²) in [4.78, 5) is 19.0. The standard InChI is InChI=1S/C15H18N2O3S/c1-17(8-12(18)10-4-5-10)14(19)7-11-9-20-15(16-11)13-3-2-6-21-13/h2-3,6,9-10,12,18H,4-5,7-8H2,1H3. The van der Waals surface area contributed by atoms with Gasteiger partial charge in [0.05, 0.1) is 23.1 Å². The van der Waals surface area contributed by atoms with Crippen LogP contribution in [-0.2, 0) is 11.2 Å². The van der Waals surface area contributed by atoms with Gasteiger partial charge in [0.15, 0.2) is 0 Å². The van der Waals surface area contributed by atoms with Crippen molar-refractivity contribution >= 4 is 17.2 Å². The molecule has 0 radical (unpaired) electrons. The number of carbonyl (C=O) groups excluding carboxylic acids is 1. The molecule has 1 atom stereocenters. The maximum absolute atomic E-state index is 12.1. The number of carbonyl (C=O) groups is 1. The molecular formula is C15H18N2O3S. The van der Waals surface area contributed by atoms with Crippen molar-refractivity contribution < 1.29 is 14.3 Å². The summed E-state index contributed by atoms with van der Waals surface area (Å²) < 4.78 is 5.40. The third kappa shape index (κ3) is 3.51. The maximum atomic E-state index is 12.1. The number of rotatable bonds is 6. The molecule has 2 aromatic rings. The number of hydrogen-bond donors (Lipinski definition) is 1. The van der Waals surface area contributed by atoms with Crippen LogP contribution in [-0.4, -0.2) is 40.6 Å². The number of aromatic nitrogens is 1. The number of likely N-dealkylation sites (N-methyl/N-ethyl adjacent to an activating group) is 1. The molecule has 5 nitrogen and oxygen atoms in total. The highest BCUT2D eigenvalue weighted by molar-refractivity contribution is 7.13. The zero-order chi connectivity index (χ0) is 14.8. The second-order valence-corrected chi connectivity index (χ2v) is 6.42. The molecule has 1 aliphatic rings. The van der Waals surface area contributed by atoms with Crippen molar-refractivity contribution in [2.45, 2.75) is 25.4 Å². The fourth-order valence-electron chi connectivity index (χ4n) is 2.20. The lowest BCUT2D eigenvalue weighted by atomic mass is 10.2. The molecule has 0 aromatic carbocycles. The summed E-state index contributed by atoms with van der Waals surface area (Å²) in [5.41, 5.74) is 0.621. The van der Waals surface area contributed by atoms with Crippen LogP contribution in [0.15, 0.2) is 28.2 Å². The van der Waals surface area contributed by atoms with Crippen molar-refractivity contribution in [2.24, 2.45) is 5.92 Å². The first-order valence-electron chi connectivity index (χ1n) is 7.04. The summed E-state index contributed by atoms with van der Waals surface area (Å²) >= 11 is 1.55. The highest BCUT2D eigenvalue weighted by Gasteiger charge is 2.31. The molecule has 1 amide bonds. The molecule has 3 rings (SSSR count). The molecule has 1 unspecified atom stereocenters. The van der Waals surface area contributed by atoms with E-state index < -0.39 is 6.10 Å². The minimum absolute atomic E-state index is 0.0549. The van der Waals surface area contributed by atoms with E-state index in [9.17, 15) is 9.90 Å².